The van der Waals surface area contributed by atoms with Crippen LogP contribution in [0.5, 0.6) is 0 Å². The first-order chi connectivity index (χ1) is 13.9. The van der Waals surface area contributed by atoms with E-state index >= 15 is 0 Å². The maximum Gasteiger partial charge on any atom is 0.306 e. The van der Waals surface area contributed by atoms with Gasteiger partial charge in [-0.25, -0.2) is 13.1 Å². The second-order valence-corrected chi connectivity index (χ2v) is 7.86. The smallest absolute Gasteiger partial charge is 0.306 e. The van der Waals surface area contributed by atoms with Crippen molar-refractivity contribution in [2.75, 3.05) is 25.6 Å². The summed E-state index contributed by atoms with van der Waals surface area (Å²) in [6.45, 7) is 0.626. The van der Waals surface area contributed by atoms with Gasteiger partial charge in [0.05, 0.1) is 17.9 Å². The molecule has 0 heterocycles. The van der Waals surface area contributed by atoms with Gasteiger partial charge in [0.2, 0.25) is 15.9 Å². The lowest BCUT2D eigenvalue weighted by molar-refractivity contribution is -0.145. The molecule has 0 unspecified atom stereocenters. The quantitative estimate of drug-likeness (QED) is 0.425. The van der Waals surface area contributed by atoms with Crippen molar-refractivity contribution >= 4 is 27.6 Å². The number of rotatable bonds is 11. The Balaban J connectivity index is 1.82. The number of ether oxygens (including phenoxy) is 2. The van der Waals surface area contributed by atoms with Crippen LogP contribution in [0.1, 0.15) is 18.4 Å². The zero-order chi connectivity index (χ0) is 21.1. The van der Waals surface area contributed by atoms with Crippen LogP contribution in [0.2, 0.25) is 0 Å². The van der Waals surface area contributed by atoms with Gasteiger partial charge in [0, 0.05) is 25.8 Å². The number of esters is 1. The lowest BCUT2D eigenvalue weighted by Gasteiger charge is -2.09. The van der Waals surface area contributed by atoms with E-state index in [2.05, 4.69) is 10.0 Å². The Bertz CT molecular complexity index is 898. The predicted octanol–water partition coefficient (Wildman–Crippen LogP) is 2.07. The number of carbonyl (C=O) groups is 2. The zero-order valence-corrected chi connectivity index (χ0v) is 16.9. The average molecular weight is 420 g/mol. The van der Waals surface area contributed by atoms with E-state index in [1.807, 2.05) is 30.3 Å². The number of methoxy groups -OCH3 is 1. The molecule has 0 saturated heterocycles. The first-order valence-electron chi connectivity index (χ1n) is 8.99. The molecule has 2 rings (SSSR count). The molecular weight excluding hydrogens is 396 g/mol. The fourth-order valence-corrected chi connectivity index (χ4v) is 3.34. The number of amides is 1. The number of carbonyl (C=O) groups excluding carboxylic acids is 2. The van der Waals surface area contributed by atoms with Crippen LogP contribution in [-0.2, 0) is 35.6 Å². The molecular formula is C20H24N2O6S. The Morgan fingerprint density at radius 1 is 0.931 bits per heavy atom. The first-order valence-corrected chi connectivity index (χ1v) is 10.5. The summed E-state index contributed by atoms with van der Waals surface area (Å²) >= 11 is 0. The van der Waals surface area contributed by atoms with Gasteiger partial charge < -0.3 is 14.8 Å². The van der Waals surface area contributed by atoms with E-state index in [1.165, 1.54) is 31.4 Å². The third kappa shape index (κ3) is 8.02. The number of hydrogen-bond acceptors (Lipinski definition) is 6. The van der Waals surface area contributed by atoms with Crippen molar-refractivity contribution in [3.8, 4) is 0 Å². The average Bonchev–Trinajstić information content (AvgIpc) is 2.72. The summed E-state index contributed by atoms with van der Waals surface area (Å²) in [5.41, 5.74) is 1.28. The van der Waals surface area contributed by atoms with Gasteiger partial charge in [-0.15, -0.1) is 0 Å². The maximum absolute atomic E-state index is 12.4. The molecule has 156 valence electrons. The minimum atomic E-state index is -3.67. The molecule has 0 atom stereocenters. The van der Waals surface area contributed by atoms with E-state index in [4.69, 9.17) is 9.47 Å². The van der Waals surface area contributed by atoms with Gasteiger partial charge in [0.15, 0.2) is 0 Å². The van der Waals surface area contributed by atoms with Gasteiger partial charge in [-0.1, -0.05) is 30.3 Å². The van der Waals surface area contributed by atoms with E-state index in [0.717, 1.165) is 5.56 Å². The topological polar surface area (TPSA) is 111 Å². The highest BCUT2D eigenvalue weighted by Crippen LogP contribution is 2.15. The summed E-state index contributed by atoms with van der Waals surface area (Å²) in [7, 11) is -2.17. The first kappa shape index (κ1) is 22.5. The van der Waals surface area contributed by atoms with E-state index in [1.54, 1.807) is 0 Å². The van der Waals surface area contributed by atoms with Gasteiger partial charge in [-0.2, -0.15) is 0 Å². The molecule has 2 aromatic carbocycles. The minimum Gasteiger partial charge on any atom is -0.463 e. The number of nitrogens with one attached hydrogen (secondary N) is 2. The summed E-state index contributed by atoms with van der Waals surface area (Å²) in [5, 5.41) is 2.61. The molecule has 2 aromatic rings. The van der Waals surface area contributed by atoms with Gasteiger partial charge in [0.25, 0.3) is 0 Å². The van der Waals surface area contributed by atoms with Gasteiger partial charge in [-0.05, 0) is 29.8 Å². The fraction of sp³-hybridized carbons (Fsp3) is 0.300. The second-order valence-electron chi connectivity index (χ2n) is 6.10. The molecule has 8 nitrogen and oxygen atoms in total. The highest BCUT2D eigenvalue weighted by atomic mass is 32.2. The fourth-order valence-electron chi connectivity index (χ4n) is 2.33. The molecule has 0 saturated carbocycles. The van der Waals surface area contributed by atoms with Crippen molar-refractivity contribution in [3.05, 3.63) is 60.2 Å². The van der Waals surface area contributed by atoms with Gasteiger partial charge >= 0.3 is 5.97 Å². The molecule has 0 fully saturated rings. The molecule has 1 amide bonds. The monoisotopic (exact) mass is 420 g/mol. The van der Waals surface area contributed by atoms with Gasteiger partial charge in [-0.3, -0.25) is 9.59 Å². The largest absolute Gasteiger partial charge is 0.463 e. The van der Waals surface area contributed by atoms with Crippen molar-refractivity contribution < 1.29 is 27.5 Å². The molecule has 0 aromatic heterocycles. The van der Waals surface area contributed by atoms with E-state index in [0.29, 0.717) is 12.3 Å². The Kier molecular flexibility index (Phi) is 8.78. The third-order valence-corrected chi connectivity index (χ3v) is 5.28. The lowest BCUT2D eigenvalue weighted by Crippen LogP contribution is -2.23. The van der Waals surface area contributed by atoms with Crippen LogP contribution in [0.15, 0.2) is 59.5 Å². The number of benzene rings is 2. The SMILES string of the molecule is COCCOC(=O)CCC(=O)Nc1ccc(S(=O)(=O)NCc2ccccc2)cc1. The summed E-state index contributed by atoms with van der Waals surface area (Å²) < 4.78 is 36.9. The van der Waals surface area contributed by atoms with Crippen molar-refractivity contribution in [2.24, 2.45) is 0 Å². The molecule has 29 heavy (non-hydrogen) atoms. The van der Waals surface area contributed by atoms with E-state index in [9.17, 15) is 18.0 Å². The van der Waals surface area contributed by atoms with Crippen LogP contribution >= 0.6 is 0 Å². The highest BCUT2D eigenvalue weighted by molar-refractivity contribution is 7.89. The maximum atomic E-state index is 12.4. The third-order valence-electron chi connectivity index (χ3n) is 3.86. The molecule has 0 aliphatic rings. The number of hydrogen-bond donors (Lipinski definition) is 2. The standard InChI is InChI=1S/C20H24N2O6S/c1-27-13-14-28-20(24)12-11-19(23)22-17-7-9-18(10-8-17)29(25,26)21-15-16-5-3-2-4-6-16/h2-10,21H,11-15H2,1H3,(H,22,23). The summed E-state index contributed by atoms with van der Waals surface area (Å²) in [6, 6.07) is 15.0. The minimum absolute atomic E-state index is 0.0372. The number of sulfonamides is 1. The summed E-state index contributed by atoms with van der Waals surface area (Å²) in [6.07, 6.45) is -0.0874. The molecule has 0 bridgehead atoms. The van der Waals surface area contributed by atoms with Crippen LogP contribution in [0.4, 0.5) is 5.69 Å². The van der Waals surface area contributed by atoms with Crippen LogP contribution in [-0.4, -0.2) is 40.6 Å². The van der Waals surface area contributed by atoms with E-state index < -0.39 is 16.0 Å². The zero-order valence-electron chi connectivity index (χ0n) is 16.1. The predicted molar refractivity (Wildman–Crippen MR) is 108 cm³/mol. The van der Waals surface area contributed by atoms with Crippen molar-refractivity contribution in [3.63, 3.8) is 0 Å². The highest BCUT2D eigenvalue weighted by Gasteiger charge is 2.14. The Morgan fingerprint density at radius 2 is 1.62 bits per heavy atom. The molecule has 0 aliphatic carbocycles. The van der Waals surface area contributed by atoms with Crippen LogP contribution in [0.25, 0.3) is 0 Å². The Labute approximate surface area is 170 Å². The summed E-state index contributed by atoms with van der Waals surface area (Å²) in [5.74, 6) is -0.852. The molecule has 2 N–H and O–H groups in total. The number of anilines is 1. The molecule has 0 spiro atoms. The van der Waals surface area contributed by atoms with Crippen molar-refractivity contribution in [2.45, 2.75) is 24.3 Å². The lowest BCUT2D eigenvalue weighted by atomic mass is 10.2. The van der Waals surface area contributed by atoms with Crippen molar-refractivity contribution in [1.29, 1.82) is 0 Å². The second kappa shape index (κ2) is 11.3. The van der Waals surface area contributed by atoms with Crippen LogP contribution in [0.3, 0.4) is 0 Å². The molecule has 9 heteroatoms. The molecule has 0 aliphatic heterocycles. The van der Waals surface area contributed by atoms with Crippen LogP contribution in [0, 0.1) is 0 Å². The van der Waals surface area contributed by atoms with Crippen molar-refractivity contribution in [1.82, 2.24) is 4.72 Å². The van der Waals surface area contributed by atoms with E-state index in [-0.39, 0.29) is 36.8 Å². The van der Waals surface area contributed by atoms with Crippen LogP contribution < -0.4 is 10.0 Å². The Morgan fingerprint density at radius 3 is 2.28 bits per heavy atom. The van der Waals surface area contributed by atoms with Gasteiger partial charge in [0.1, 0.15) is 6.61 Å². The Hall–Kier alpha value is -2.75. The normalized spacial score (nSPS) is 11.1. The molecule has 0 radical (unpaired) electrons. The summed E-state index contributed by atoms with van der Waals surface area (Å²) in [4.78, 5) is 23.5.